The maximum atomic E-state index is 12.2. The third-order valence-electron chi connectivity index (χ3n) is 4.65. The quantitative estimate of drug-likeness (QED) is 0.700. The fourth-order valence-electron chi connectivity index (χ4n) is 3.23. The second kappa shape index (κ2) is 8.74. The summed E-state index contributed by atoms with van der Waals surface area (Å²) in [6.45, 7) is 6.88. The van der Waals surface area contributed by atoms with E-state index in [0.29, 0.717) is 5.76 Å². The fraction of sp³-hybridized carbons (Fsp3) is 0.611. The maximum absolute atomic E-state index is 12.2. The van der Waals surface area contributed by atoms with Crippen LogP contribution in [0.3, 0.4) is 0 Å². The first-order chi connectivity index (χ1) is 11.8. The van der Waals surface area contributed by atoms with Crippen LogP contribution in [-0.4, -0.2) is 73.9 Å². The third kappa shape index (κ3) is 4.43. The summed E-state index contributed by atoms with van der Waals surface area (Å²) in [5.41, 5.74) is 1.26. The molecule has 1 atom stereocenters. The molecule has 3 heterocycles. The topological polar surface area (TPSA) is 42.0 Å². The monoisotopic (exact) mass is 350 g/mol. The van der Waals surface area contributed by atoms with Crippen LogP contribution in [0.1, 0.15) is 12.8 Å². The molecule has 132 valence electrons. The molecule has 0 aliphatic carbocycles. The number of rotatable bonds is 7. The van der Waals surface area contributed by atoms with Crippen LogP contribution in [0.2, 0.25) is 0 Å². The Hall–Kier alpha value is -1.24. The van der Waals surface area contributed by atoms with E-state index < -0.39 is 0 Å². The molecular weight excluding hydrogens is 324 g/mol. The molecule has 0 spiro atoms. The molecule has 0 N–H and O–H groups in total. The predicted octanol–water partition coefficient (Wildman–Crippen LogP) is 2.03. The number of hydrogen-bond donors (Lipinski definition) is 0. The second-order valence-corrected chi connectivity index (χ2v) is 7.30. The van der Waals surface area contributed by atoms with Crippen molar-refractivity contribution in [2.45, 2.75) is 18.1 Å². The number of hydrogen-bond acceptors (Lipinski definition) is 6. The molecule has 1 saturated heterocycles. The number of thioether (sulfide) groups is 1. The molecule has 1 unspecified atom stereocenters. The number of Topliss-reactive ketones (excluding diaryl/α,β-unsaturated/α-hetero) is 1. The number of morpholine rings is 1. The van der Waals surface area contributed by atoms with Gasteiger partial charge in [-0.15, -0.1) is 11.8 Å². The largest absolute Gasteiger partial charge is 0.492 e. The van der Waals surface area contributed by atoms with Crippen molar-refractivity contribution in [3.8, 4) is 0 Å². The van der Waals surface area contributed by atoms with Crippen LogP contribution >= 0.6 is 11.8 Å². The summed E-state index contributed by atoms with van der Waals surface area (Å²) in [5, 5.41) is 1.80. The summed E-state index contributed by atoms with van der Waals surface area (Å²) >= 11 is 1.58. The number of methoxy groups -OCH3 is 1. The van der Waals surface area contributed by atoms with Crippen LogP contribution in [-0.2, 0) is 14.3 Å². The van der Waals surface area contributed by atoms with Crippen molar-refractivity contribution in [1.82, 2.24) is 9.80 Å². The fourth-order valence-corrected chi connectivity index (χ4v) is 4.24. The minimum absolute atomic E-state index is 0.0422. The van der Waals surface area contributed by atoms with Crippen LogP contribution in [0.5, 0.6) is 0 Å². The first-order valence-electron chi connectivity index (χ1n) is 8.62. The highest BCUT2D eigenvalue weighted by molar-refractivity contribution is 8.04. The van der Waals surface area contributed by atoms with Gasteiger partial charge < -0.3 is 14.4 Å². The smallest absolute Gasteiger partial charge is 0.211 e. The van der Waals surface area contributed by atoms with E-state index in [2.05, 4.69) is 28.0 Å². The Kier molecular flexibility index (Phi) is 6.40. The molecule has 0 aromatic heterocycles. The van der Waals surface area contributed by atoms with E-state index in [1.807, 2.05) is 5.41 Å². The summed E-state index contributed by atoms with van der Waals surface area (Å²) in [6.07, 6.45) is 8.34. The van der Waals surface area contributed by atoms with Gasteiger partial charge in [0.05, 0.1) is 25.6 Å². The molecule has 0 bridgehead atoms. The molecule has 0 aromatic carbocycles. The van der Waals surface area contributed by atoms with Crippen LogP contribution in [0.4, 0.5) is 0 Å². The number of allylic oxidation sites excluding steroid dienone is 4. The molecule has 3 aliphatic rings. The molecule has 0 saturated carbocycles. The number of carbonyl (C=O) groups is 1. The zero-order chi connectivity index (χ0) is 16.8. The van der Waals surface area contributed by atoms with E-state index in [1.54, 1.807) is 18.9 Å². The number of nitrogens with zero attached hydrogens (tertiary/aromatic N) is 2. The maximum Gasteiger partial charge on any atom is 0.211 e. The number of ether oxygens (including phenoxy) is 2. The Labute approximate surface area is 148 Å². The van der Waals surface area contributed by atoms with Crippen molar-refractivity contribution >= 4 is 17.5 Å². The van der Waals surface area contributed by atoms with E-state index in [1.165, 1.54) is 5.70 Å². The van der Waals surface area contributed by atoms with Gasteiger partial charge >= 0.3 is 0 Å². The van der Waals surface area contributed by atoms with Crippen LogP contribution in [0.25, 0.3) is 0 Å². The van der Waals surface area contributed by atoms with Crippen molar-refractivity contribution < 1.29 is 14.3 Å². The summed E-state index contributed by atoms with van der Waals surface area (Å²) < 4.78 is 10.5. The first-order valence-corrected chi connectivity index (χ1v) is 9.57. The Morgan fingerprint density at radius 2 is 2.17 bits per heavy atom. The summed E-state index contributed by atoms with van der Waals surface area (Å²) in [6, 6.07) is 0. The number of ketones is 1. The molecule has 6 heteroatoms. The molecule has 0 amide bonds. The van der Waals surface area contributed by atoms with E-state index >= 15 is 0 Å². The average Bonchev–Trinajstić information content (AvgIpc) is 2.97. The van der Waals surface area contributed by atoms with E-state index in [0.717, 1.165) is 58.8 Å². The van der Waals surface area contributed by atoms with Gasteiger partial charge in [-0.25, -0.2) is 0 Å². The standard InChI is InChI=1S/C18H26N2O3S/c1-22-16-14-24-17(18(16)21)13-15-5-2-3-7-20(15)8-4-6-19-9-11-23-12-10-19/h2-3,5,14,17H,4,6-13H2,1H3. The van der Waals surface area contributed by atoms with Gasteiger partial charge in [0.2, 0.25) is 5.78 Å². The average molecular weight is 350 g/mol. The van der Waals surface area contributed by atoms with Gasteiger partial charge in [-0.2, -0.15) is 0 Å². The lowest BCUT2D eigenvalue weighted by Gasteiger charge is -2.31. The number of carbonyl (C=O) groups excluding carboxylic acids is 1. The zero-order valence-corrected chi connectivity index (χ0v) is 15.1. The highest BCUT2D eigenvalue weighted by Gasteiger charge is 2.30. The van der Waals surface area contributed by atoms with Crippen LogP contribution in [0, 0.1) is 0 Å². The zero-order valence-electron chi connectivity index (χ0n) is 14.3. The van der Waals surface area contributed by atoms with Crippen molar-refractivity contribution in [2.75, 3.05) is 53.0 Å². The van der Waals surface area contributed by atoms with Crippen LogP contribution < -0.4 is 0 Å². The molecule has 1 fully saturated rings. The third-order valence-corrected chi connectivity index (χ3v) is 5.71. The highest BCUT2D eigenvalue weighted by Crippen LogP contribution is 2.33. The Morgan fingerprint density at radius 3 is 2.92 bits per heavy atom. The molecule has 0 radical (unpaired) electrons. The lowest BCUT2D eigenvalue weighted by molar-refractivity contribution is -0.117. The molecular formula is C18H26N2O3S. The molecule has 0 aromatic rings. The highest BCUT2D eigenvalue weighted by atomic mass is 32.2. The Bertz CT molecular complexity index is 538. The van der Waals surface area contributed by atoms with Crippen LogP contribution in [0.15, 0.2) is 35.1 Å². The lowest BCUT2D eigenvalue weighted by Crippen LogP contribution is -2.38. The molecule has 5 nitrogen and oxygen atoms in total. The van der Waals surface area contributed by atoms with Gasteiger partial charge in [0.1, 0.15) is 0 Å². The van der Waals surface area contributed by atoms with E-state index in [4.69, 9.17) is 9.47 Å². The van der Waals surface area contributed by atoms with Gasteiger partial charge in [0, 0.05) is 50.2 Å². The van der Waals surface area contributed by atoms with Crippen molar-refractivity contribution in [3.05, 3.63) is 35.1 Å². The minimum atomic E-state index is -0.0422. The predicted molar refractivity (Wildman–Crippen MR) is 96.8 cm³/mol. The van der Waals surface area contributed by atoms with Gasteiger partial charge in [0.25, 0.3) is 0 Å². The first kappa shape index (κ1) is 17.6. The molecule has 3 rings (SSSR count). The van der Waals surface area contributed by atoms with E-state index in [9.17, 15) is 4.79 Å². The summed E-state index contributed by atoms with van der Waals surface area (Å²) in [5.74, 6) is 0.613. The van der Waals surface area contributed by atoms with Crippen molar-refractivity contribution in [2.24, 2.45) is 0 Å². The minimum Gasteiger partial charge on any atom is -0.492 e. The molecule has 24 heavy (non-hydrogen) atoms. The Balaban J connectivity index is 1.47. The lowest BCUT2D eigenvalue weighted by atomic mass is 10.1. The van der Waals surface area contributed by atoms with Crippen molar-refractivity contribution in [1.29, 1.82) is 0 Å². The summed E-state index contributed by atoms with van der Waals surface area (Å²) in [4.78, 5) is 17.1. The normalized spacial score (nSPS) is 25.0. The van der Waals surface area contributed by atoms with Gasteiger partial charge in [-0.1, -0.05) is 12.2 Å². The Morgan fingerprint density at radius 1 is 1.33 bits per heavy atom. The van der Waals surface area contributed by atoms with Gasteiger partial charge in [-0.3, -0.25) is 9.69 Å². The molecule has 3 aliphatic heterocycles. The van der Waals surface area contributed by atoms with Crippen molar-refractivity contribution in [3.63, 3.8) is 0 Å². The second-order valence-electron chi connectivity index (χ2n) is 6.22. The van der Waals surface area contributed by atoms with Gasteiger partial charge in [-0.05, 0) is 12.5 Å². The summed E-state index contributed by atoms with van der Waals surface area (Å²) in [7, 11) is 1.56. The SMILES string of the molecule is COC1=CSC(CC2=CC=CCN2CCCN2CCOCC2)C1=O. The van der Waals surface area contributed by atoms with Gasteiger partial charge in [0.15, 0.2) is 5.76 Å². The van der Waals surface area contributed by atoms with E-state index in [-0.39, 0.29) is 11.0 Å².